The van der Waals surface area contributed by atoms with E-state index < -0.39 is 49.8 Å². The molecule has 0 radical (unpaired) electrons. The van der Waals surface area contributed by atoms with E-state index in [4.69, 9.17) is 9.47 Å². The highest BCUT2D eigenvalue weighted by molar-refractivity contribution is 7.85. The number of fused-ring (bicyclic) bond motifs is 4. The van der Waals surface area contributed by atoms with E-state index in [0.29, 0.717) is 5.69 Å². The van der Waals surface area contributed by atoms with Gasteiger partial charge in [0, 0.05) is 33.6 Å². The zero-order valence-electron chi connectivity index (χ0n) is 20.0. The number of hydrogen-bond donors (Lipinski definition) is 4. The number of ether oxygens (including phenoxy) is 2. The topological polar surface area (TPSA) is 202 Å². The van der Waals surface area contributed by atoms with Gasteiger partial charge < -0.3 is 24.7 Å². The average Bonchev–Trinajstić information content (AvgIpc) is 3.59. The standard InChI is InChI=1S/C26H12N2O11S2/c29-23-19(11-5-9(40(33)34)1-3-15(11)27-23)21-13-7-18-14(8-17(13)38-25(21)31)22(26(32)39-18)20-12-6-10(41(35,36)37)2-4-16(12)28-24(20)30/h1-8H,(H,27,29)(H,28,30)(H,33,34)(H,35,36,37)/b21-19+,22-20+. The molecule has 4 N–H and O–H groups in total. The second-order valence-corrected chi connectivity index (χ2v) is 11.6. The number of hydrogen-bond acceptors (Lipinski definition) is 9. The van der Waals surface area contributed by atoms with Crippen molar-refractivity contribution in [2.24, 2.45) is 0 Å². The molecule has 15 heteroatoms. The molecular formula is C26H12N2O11S2. The summed E-state index contributed by atoms with van der Waals surface area (Å²) in [6.07, 6.45) is 0. The minimum absolute atomic E-state index is 0.00337. The molecule has 7 rings (SSSR count). The molecule has 0 saturated heterocycles. The minimum atomic E-state index is -4.63. The molecule has 1 atom stereocenters. The van der Waals surface area contributed by atoms with E-state index in [2.05, 4.69) is 10.6 Å². The van der Waals surface area contributed by atoms with E-state index in [1.54, 1.807) is 0 Å². The van der Waals surface area contributed by atoms with E-state index in [1.807, 2.05) is 0 Å². The first-order valence-corrected chi connectivity index (χ1v) is 14.1. The van der Waals surface area contributed by atoms with Crippen molar-refractivity contribution in [2.75, 3.05) is 10.6 Å². The summed E-state index contributed by atoms with van der Waals surface area (Å²) in [5, 5.41) is 5.12. The van der Waals surface area contributed by atoms with Crippen LogP contribution < -0.4 is 20.1 Å². The molecule has 4 heterocycles. The van der Waals surface area contributed by atoms with Crippen molar-refractivity contribution >= 4 is 78.6 Å². The van der Waals surface area contributed by atoms with E-state index in [-0.39, 0.29) is 66.6 Å². The number of rotatable bonds is 2. The summed E-state index contributed by atoms with van der Waals surface area (Å²) >= 11 is -2.36. The Balaban J connectivity index is 1.42. The van der Waals surface area contributed by atoms with Crippen molar-refractivity contribution < 1.29 is 50.4 Å². The Labute approximate surface area is 231 Å². The Bertz CT molecular complexity index is 2080. The molecule has 4 aliphatic rings. The highest BCUT2D eigenvalue weighted by Crippen LogP contribution is 2.50. The highest BCUT2D eigenvalue weighted by Gasteiger charge is 2.42. The summed E-state index contributed by atoms with van der Waals surface area (Å²) in [4.78, 5) is 51.4. The second-order valence-electron chi connectivity index (χ2n) is 9.17. The Morgan fingerprint density at radius 1 is 0.659 bits per heavy atom. The Morgan fingerprint density at radius 3 is 1.63 bits per heavy atom. The van der Waals surface area contributed by atoms with E-state index in [0.717, 1.165) is 12.1 Å². The summed E-state index contributed by atoms with van der Waals surface area (Å²) < 4.78 is 64.8. The van der Waals surface area contributed by atoms with Gasteiger partial charge in [-0.1, -0.05) is 0 Å². The maximum atomic E-state index is 13.0. The molecule has 2 amide bonds. The number of carbonyl (C=O) groups is 4. The third-order valence-corrected chi connectivity index (χ3v) is 8.41. The number of carbonyl (C=O) groups excluding carboxylic acids is 4. The summed E-state index contributed by atoms with van der Waals surface area (Å²) in [5.41, 5.74) is 0.171. The summed E-state index contributed by atoms with van der Waals surface area (Å²) in [7, 11) is -4.63. The van der Waals surface area contributed by atoms with Crippen LogP contribution in [-0.2, 0) is 40.4 Å². The van der Waals surface area contributed by atoms with Crippen molar-refractivity contribution in [1.29, 1.82) is 0 Å². The number of amides is 2. The maximum Gasteiger partial charge on any atom is 0.345 e. The Hall–Kier alpha value is -4.96. The van der Waals surface area contributed by atoms with Crippen LogP contribution in [0.15, 0.2) is 58.3 Å². The lowest BCUT2D eigenvalue weighted by molar-refractivity contribution is -0.127. The van der Waals surface area contributed by atoms with Gasteiger partial charge in [-0.15, -0.1) is 0 Å². The fraction of sp³-hybridized carbons (Fsp3) is 0. The Morgan fingerprint density at radius 2 is 1.15 bits per heavy atom. The van der Waals surface area contributed by atoms with Crippen LogP contribution in [0.3, 0.4) is 0 Å². The van der Waals surface area contributed by atoms with Crippen LogP contribution in [0.5, 0.6) is 11.5 Å². The highest BCUT2D eigenvalue weighted by atomic mass is 32.2. The molecule has 13 nitrogen and oxygen atoms in total. The van der Waals surface area contributed by atoms with Gasteiger partial charge in [0.1, 0.15) is 11.5 Å². The molecule has 41 heavy (non-hydrogen) atoms. The van der Waals surface area contributed by atoms with Gasteiger partial charge in [-0.05, 0) is 48.5 Å². The van der Waals surface area contributed by atoms with Crippen molar-refractivity contribution in [1.82, 2.24) is 0 Å². The van der Waals surface area contributed by atoms with Crippen LogP contribution >= 0.6 is 0 Å². The zero-order valence-corrected chi connectivity index (χ0v) is 21.6. The average molecular weight is 593 g/mol. The molecule has 3 aromatic rings. The quantitative estimate of drug-likeness (QED) is 0.112. The number of nitrogens with one attached hydrogen (secondary N) is 2. The fourth-order valence-corrected chi connectivity index (χ4v) is 6.08. The van der Waals surface area contributed by atoms with Crippen molar-refractivity contribution in [3.8, 4) is 11.5 Å². The molecule has 0 fully saturated rings. The van der Waals surface area contributed by atoms with Gasteiger partial charge >= 0.3 is 11.9 Å². The van der Waals surface area contributed by atoms with Crippen LogP contribution in [0.25, 0.3) is 22.3 Å². The monoisotopic (exact) mass is 592 g/mol. The molecular weight excluding hydrogens is 580 g/mol. The molecule has 3 aromatic carbocycles. The lowest BCUT2D eigenvalue weighted by atomic mass is 9.92. The third kappa shape index (κ3) is 3.60. The normalized spacial score (nSPS) is 21.0. The first-order valence-electron chi connectivity index (χ1n) is 11.5. The van der Waals surface area contributed by atoms with E-state index in [9.17, 15) is 40.9 Å². The summed E-state index contributed by atoms with van der Waals surface area (Å²) in [5.74, 6) is -3.36. The predicted molar refractivity (Wildman–Crippen MR) is 140 cm³/mol. The van der Waals surface area contributed by atoms with Crippen LogP contribution in [0.1, 0.15) is 22.3 Å². The van der Waals surface area contributed by atoms with Crippen LogP contribution in [-0.4, -0.2) is 45.5 Å². The molecule has 0 aromatic heterocycles. The smallest absolute Gasteiger partial charge is 0.345 e. The first-order chi connectivity index (χ1) is 19.4. The SMILES string of the molecule is O=C1Nc2ccc(S(=O)O)cc2/C1=C1\C(=O)Oc2cc3c(cc21)OC(=O)/C3=C1/C(=O)Nc2ccc(S(=O)(=O)O)cc21. The van der Waals surface area contributed by atoms with Crippen molar-refractivity contribution in [3.05, 3.63) is 70.8 Å². The Kier molecular flexibility index (Phi) is 5.05. The number of benzene rings is 3. The van der Waals surface area contributed by atoms with Crippen molar-refractivity contribution in [2.45, 2.75) is 9.79 Å². The van der Waals surface area contributed by atoms with Crippen LogP contribution in [0, 0.1) is 0 Å². The van der Waals surface area contributed by atoms with E-state index >= 15 is 0 Å². The third-order valence-electron chi connectivity index (χ3n) is 6.90. The molecule has 0 saturated carbocycles. The van der Waals surface area contributed by atoms with Gasteiger partial charge in [0.05, 0.1) is 32.1 Å². The van der Waals surface area contributed by atoms with Gasteiger partial charge in [0.25, 0.3) is 21.9 Å². The van der Waals surface area contributed by atoms with Gasteiger partial charge in [-0.3, -0.25) is 14.1 Å². The molecule has 204 valence electrons. The number of esters is 2. The lowest BCUT2D eigenvalue weighted by Gasteiger charge is -2.05. The molecule has 0 aliphatic carbocycles. The van der Waals surface area contributed by atoms with Crippen molar-refractivity contribution in [3.63, 3.8) is 0 Å². The second kappa shape index (κ2) is 8.28. The zero-order chi connectivity index (χ0) is 29.0. The largest absolute Gasteiger partial charge is 0.422 e. The fourth-order valence-electron chi connectivity index (χ4n) is 5.17. The van der Waals surface area contributed by atoms with Gasteiger partial charge in [0.2, 0.25) is 0 Å². The number of anilines is 2. The molecule has 1 unspecified atom stereocenters. The van der Waals surface area contributed by atoms with E-state index in [1.165, 1.54) is 36.4 Å². The maximum absolute atomic E-state index is 13.0. The van der Waals surface area contributed by atoms with Gasteiger partial charge in [0.15, 0.2) is 11.1 Å². The lowest BCUT2D eigenvalue weighted by Crippen LogP contribution is -2.10. The summed E-state index contributed by atoms with van der Waals surface area (Å²) in [6.45, 7) is 0. The first kappa shape index (κ1) is 25.0. The molecule has 4 aliphatic heterocycles. The van der Waals surface area contributed by atoms with Gasteiger partial charge in [-0.25, -0.2) is 13.8 Å². The van der Waals surface area contributed by atoms with Crippen LogP contribution in [0.2, 0.25) is 0 Å². The van der Waals surface area contributed by atoms with Gasteiger partial charge in [-0.2, -0.15) is 8.42 Å². The van der Waals surface area contributed by atoms with Crippen LogP contribution in [0.4, 0.5) is 11.4 Å². The summed E-state index contributed by atoms with van der Waals surface area (Å²) in [6, 6.07) is 10.0. The predicted octanol–water partition coefficient (Wildman–Crippen LogP) is 2.08. The minimum Gasteiger partial charge on any atom is -0.422 e. The molecule has 0 bridgehead atoms. The molecule has 0 spiro atoms.